The molecule has 18 heavy (non-hydrogen) atoms. The van der Waals surface area contributed by atoms with E-state index in [1.54, 1.807) is 0 Å². The topological polar surface area (TPSA) is 18.5 Å². The van der Waals surface area contributed by atoms with Gasteiger partial charge in [0.25, 0.3) is 0 Å². The third-order valence-corrected chi connectivity index (χ3v) is 3.26. The van der Waals surface area contributed by atoms with Crippen molar-refractivity contribution in [2.24, 2.45) is 0 Å². The first-order valence-corrected chi connectivity index (χ1v) is 6.75. The van der Waals surface area contributed by atoms with E-state index in [0.717, 1.165) is 32.7 Å². The molecule has 3 heteroatoms. The average Bonchev–Trinajstić information content (AvgIpc) is 2.38. The van der Waals surface area contributed by atoms with Gasteiger partial charge in [-0.1, -0.05) is 31.2 Å². The van der Waals surface area contributed by atoms with Gasteiger partial charge in [0.1, 0.15) is 0 Å². The normalized spacial score (nSPS) is 11.4. The highest BCUT2D eigenvalue weighted by molar-refractivity contribution is 5.22. The number of nitrogens with one attached hydrogen (secondary N) is 1. The highest BCUT2D eigenvalue weighted by Gasteiger charge is 2.02. The van der Waals surface area contributed by atoms with Crippen LogP contribution in [0.5, 0.6) is 0 Å². The summed E-state index contributed by atoms with van der Waals surface area (Å²) >= 11 is 0. The Morgan fingerprint density at radius 2 is 1.50 bits per heavy atom. The molecule has 0 aliphatic carbocycles. The van der Waals surface area contributed by atoms with Crippen molar-refractivity contribution in [3.63, 3.8) is 0 Å². The standard InChI is InChI=1S/C15H27N3/c1-5-17(3)10-11-18(4)13-15-8-6-14(7-9-15)12-16-2/h6-9,16H,5,10-13H2,1-4H3. The van der Waals surface area contributed by atoms with Gasteiger partial charge in [0.15, 0.2) is 0 Å². The van der Waals surface area contributed by atoms with Crippen LogP contribution in [0.25, 0.3) is 0 Å². The Bertz CT molecular complexity index is 321. The maximum atomic E-state index is 3.17. The summed E-state index contributed by atoms with van der Waals surface area (Å²) in [5.41, 5.74) is 2.73. The molecule has 0 saturated carbocycles. The molecule has 1 aromatic carbocycles. The number of rotatable bonds is 8. The van der Waals surface area contributed by atoms with Crippen LogP contribution in [0.15, 0.2) is 24.3 Å². The molecule has 0 atom stereocenters. The molecule has 0 aromatic heterocycles. The first-order valence-electron chi connectivity index (χ1n) is 6.75. The summed E-state index contributed by atoms with van der Waals surface area (Å²) in [6, 6.07) is 8.87. The summed E-state index contributed by atoms with van der Waals surface area (Å²) < 4.78 is 0. The number of hydrogen-bond donors (Lipinski definition) is 1. The van der Waals surface area contributed by atoms with Crippen LogP contribution in [0.4, 0.5) is 0 Å². The minimum absolute atomic E-state index is 0.942. The molecule has 0 spiro atoms. The fraction of sp³-hybridized carbons (Fsp3) is 0.600. The molecule has 0 heterocycles. The van der Waals surface area contributed by atoms with E-state index in [2.05, 4.69) is 60.4 Å². The van der Waals surface area contributed by atoms with Gasteiger partial charge < -0.3 is 15.1 Å². The van der Waals surface area contributed by atoms with E-state index in [-0.39, 0.29) is 0 Å². The maximum Gasteiger partial charge on any atom is 0.0231 e. The summed E-state index contributed by atoms with van der Waals surface area (Å²) in [6.45, 7) is 7.52. The molecule has 0 aliphatic heterocycles. The van der Waals surface area contributed by atoms with Crippen molar-refractivity contribution in [3.05, 3.63) is 35.4 Å². The van der Waals surface area contributed by atoms with Crippen molar-refractivity contribution < 1.29 is 0 Å². The number of benzene rings is 1. The van der Waals surface area contributed by atoms with Crippen LogP contribution in [-0.2, 0) is 13.1 Å². The van der Waals surface area contributed by atoms with E-state index in [0.29, 0.717) is 0 Å². The number of hydrogen-bond acceptors (Lipinski definition) is 3. The highest BCUT2D eigenvalue weighted by Crippen LogP contribution is 2.06. The zero-order valence-corrected chi connectivity index (χ0v) is 12.2. The Hall–Kier alpha value is -0.900. The molecule has 0 unspecified atom stereocenters. The molecule has 0 aliphatic rings. The van der Waals surface area contributed by atoms with Crippen molar-refractivity contribution in [1.82, 2.24) is 15.1 Å². The van der Waals surface area contributed by atoms with Gasteiger partial charge in [-0.05, 0) is 38.8 Å². The summed E-state index contributed by atoms with van der Waals surface area (Å²) in [5.74, 6) is 0. The SMILES string of the molecule is CCN(C)CCN(C)Cc1ccc(CNC)cc1. The Morgan fingerprint density at radius 1 is 0.944 bits per heavy atom. The van der Waals surface area contributed by atoms with Crippen LogP contribution in [-0.4, -0.2) is 50.6 Å². The third-order valence-electron chi connectivity index (χ3n) is 3.26. The molecule has 3 nitrogen and oxygen atoms in total. The zero-order chi connectivity index (χ0) is 13.4. The second kappa shape index (κ2) is 8.25. The van der Waals surface area contributed by atoms with Gasteiger partial charge in [0.2, 0.25) is 0 Å². The Morgan fingerprint density at radius 3 is 2.06 bits per heavy atom. The minimum Gasteiger partial charge on any atom is -0.316 e. The fourth-order valence-corrected chi connectivity index (χ4v) is 1.86. The predicted octanol–water partition coefficient (Wildman–Crippen LogP) is 1.79. The smallest absolute Gasteiger partial charge is 0.0231 e. The fourth-order valence-electron chi connectivity index (χ4n) is 1.86. The van der Waals surface area contributed by atoms with Gasteiger partial charge in [0.05, 0.1) is 0 Å². The van der Waals surface area contributed by atoms with E-state index in [1.807, 2.05) is 7.05 Å². The lowest BCUT2D eigenvalue weighted by Crippen LogP contribution is -2.30. The van der Waals surface area contributed by atoms with Crippen molar-refractivity contribution >= 4 is 0 Å². The van der Waals surface area contributed by atoms with Gasteiger partial charge in [-0.25, -0.2) is 0 Å². The summed E-state index contributed by atoms with van der Waals surface area (Å²) in [5, 5.41) is 3.17. The van der Waals surface area contributed by atoms with Crippen LogP contribution in [0.3, 0.4) is 0 Å². The van der Waals surface area contributed by atoms with Gasteiger partial charge >= 0.3 is 0 Å². The van der Waals surface area contributed by atoms with Crippen LogP contribution in [0.2, 0.25) is 0 Å². The summed E-state index contributed by atoms with van der Waals surface area (Å²) in [4.78, 5) is 4.71. The molecular formula is C15H27N3. The van der Waals surface area contributed by atoms with Gasteiger partial charge in [-0.3, -0.25) is 0 Å². The molecule has 1 N–H and O–H groups in total. The van der Waals surface area contributed by atoms with E-state index in [4.69, 9.17) is 0 Å². The lowest BCUT2D eigenvalue weighted by Gasteiger charge is -2.21. The van der Waals surface area contributed by atoms with Crippen LogP contribution < -0.4 is 5.32 Å². The average molecular weight is 249 g/mol. The Kier molecular flexibility index (Phi) is 6.94. The zero-order valence-electron chi connectivity index (χ0n) is 12.2. The molecular weight excluding hydrogens is 222 g/mol. The van der Waals surface area contributed by atoms with Crippen molar-refractivity contribution in [2.45, 2.75) is 20.0 Å². The van der Waals surface area contributed by atoms with E-state index >= 15 is 0 Å². The first kappa shape index (κ1) is 15.2. The largest absolute Gasteiger partial charge is 0.316 e. The van der Waals surface area contributed by atoms with Crippen LogP contribution >= 0.6 is 0 Å². The first-order chi connectivity index (χ1) is 8.65. The lowest BCUT2D eigenvalue weighted by molar-refractivity contribution is 0.258. The molecule has 0 amide bonds. The monoisotopic (exact) mass is 249 g/mol. The summed E-state index contributed by atoms with van der Waals surface area (Å²) in [6.07, 6.45) is 0. The molecule has 1 rings (SSSR count). The molecule has 1 aromatic rings. The number of nitrogens with zero attached hydrogens (tertiary/aromatic N) is 2. The minimum atomic E-state index is 0.942. The second-order valence-electron chi connectivity index (χ2n) is 4.98. The molecule has 0 saturated heterocycles. The second-order valence-corrected chi connectivity index (χ2v) is 4.98. The van der Waals surface area contributed by atoms with Crippen molar-refractivity contribution in [3.8, 4) is 0 Å². The van der Waals surface area contributed by atoms with Crippen LogP contribution in [0.1, 0.15) is 18.1 Å². The van der Waals surface area contributed by atoms with Crippen molar-refractivity contribution in [2.75, 3.05) is 40.8 Å². The molecule has 0 fully saturated rings. The van der Waals surface area contributed by atoms with Crippen LogP contribution in [0, 0.1) is 0 Å². The molecule has 102 valence electrons. The lowest BCUT2D eigenvalue weighted by atomic mass is 10.1. The van der Waals surface area contributed by atoms with Gasteiger partial charge in [0, 0.05) is 26.2 Å². The highest BCUT2D eigenvalue weighted by atomic mass is 15.2. The Labute approximate surface area is 112 Å². The third kappa shape index (κ3) is 5.63. The molecule has 0 bridgehead atoms. The summed E-state index contributed by atoms with van der Waals surface area (Å²) in [7, 11) is 6.33. The van der Waals surface area contributed by atoms with Gasteiger partial charge in [-0.15, -0.1) is 0 Å². The van der Waals surface area contributed by atoms with E-state index < -0.39 is 0 Å². The maximum absolute atomic E-state index is 3.17. The quantitative estimate of drug-likeness (QED) is 0.758. The molecule has 0 radical (unpaired) electrons. The van der Waals surface area contributed by atoms with Crippen molar-refractivity contribution in [1.29, 1.82) is 0 Å². The van der Waals surface area contributed by atoms with Gasteiger partial charge in [-0.2, -0.15) is 0 Å². The predicted molar refractivity (Wildman–Crippen MR) is 78.7 cm³/mol. The Balaban J connectivity index is 2.37. The number of likely N-dealkylation sites (N-methyl/N-ethyl adjacent to an activating group) is 2. The van der Waals surface area contributed by atoms with E-state index in [9.17, 15) is 0 Å². The van der Waals surface area contributed by atoms with E-state index in [1.165, 1.54) is 11.1 Å².